The number of nitrogens with two attached hydrogens (primary N) is 1. The van der Waals surface area contributed by atoms with Crippen molar-refractivity contribution >= 4 is 17.7 Å². The second-order valence-electron chi connectivity index (χ2n) is 3.16. The molecule has 11 heteroatoms. The van der Waals surface area contributed by atoms with E-state index in [1.165, 1.54) is 0 Å². The van der Waals surface area contributed by atoms with Crippen LogP contribution in [0.15, 0.2) is 11.6 Å². The van der Waals surface area contributed by atoms with Gasteiger partial charge in [-0.1, -0.05) is 0 Å². The Bertz CT molecular complexity index is 459. The van der Waals surface area contributed by atoms with Crippen LogP contribution in [-0.4, -0.2) is 49.9 Å². The van der Waals surface area contributed by atoms with Crippen molar-refractivity contribution in [1.82, 2.24) is 15.1 Å². The molecule has 18 heavy (non-hydrogen) atoms. The summed E-state index contributed by atoms with van der Waals surface area (Å²) in [6.45, 7) is -0.536. The fourth-order valence-corrected chi connectivity index (χ4v) is 1.06. The van der Waals surface area contributed by atoms with Crippen molar-refractivity contribution in [2.75, 3.05) is 11.9 Å². The molecule has 0 aromatic carbocycles. The third-order valence-corrected chi connectivity index (χ3v) is 1.88. The quantitative estimate of drug-likeness (QED) is 0.310. The lowest BCUT2D eigenvalue weighted by Gasteiger charge is -2.13. The number of imidazole rings is 1. The predicted octanol–water partition coefficient (Wildman–Crippen LogP) is -1.25. The molecule has 6 N–H and O–H groups in total. The number of carboxylic acid groups (broad SMARTS) is 1. The standard InChI is InChI=1S/C7H10N6O5/c8-3(1-13(18)12-17)6(14)11-5-4(7(15)16)9-2-10-5/h2-3,18H,1,8H2,(H,9,10)(H,11,14)(H,15,16)/t3-/m0/s1. The SMILES string of the molecule is N[C@@H](CN(O)N=O)C(=O)Nc1[nH]cnc1C(=O)O. The molecule has 1 rings (SSSR count). The van der Waals surface area contributed by atoms with E-state index in [1.807, 2.05) is 0 Å². The number of nitrogens with zero attached hydrogens (tertiary/aromatic N) is 3. The van der Waals surface area contributed by atoms with Crippen LogP contribution in [-0.2, 0) is 4.79 Å². The van der Waals surface area contributed by atoms with Gasteiger partial charge in [0.1, 0.15) is 11.9 Å². The number of anilines is 1. The van der Waals surface area contributed by atoms with Gasteiger partial charge in [0.2, 0.25) is 5.91 Å². The first kappa shape index (κ1) is 13.5. The van der Waals surface area contributed by atoms with Crippen LogP contribution in [0.3, 0.4) is 0 Å². The number of aromatic amines is 1. The highest BCUT2D eigenvalue weighted by atomic mass is 16.6. The minimum atomic E-state index is -1.33. The Kier molecular flexibility index (Phi) is 4.28. The number of aromatic nitrogens is 2. The Morgan fingerprint density at radius 1 is 1.67 bits per heavy atom. The number of amides is 1. The lowest BCUT2D eigenvalue weighted by atomic mass is 10.3. The van der Waals surface area contributed by atoms with Crippen molar-refractivity contribution in [3.05, 3.63) is 16.9 Å². The van der Waals surface area contributed by atoms with Gasteiger partial charge in [0.25, 0.3) is 0 Å². The van der Waals surface area contributed by atoms with Gasteiger partial charge in [-0.2, -0.15) is 0 Å². The average molecular weight is 258 g/mol. The minimum absolute atomic E-state index is 0.0463. The maximum absolute atomic E-state index is 11.5. The van der Waals surface area contributed by atoms with Crippen LogP contribution in [0.5, 0.6) is 0 Å². The van der Waals surface area contributed by atoms with Gasteiger partial charge in [-0.3, -0.25) is 10.0 Å². The highest BCUT2D eigenvalue weighted by Gasteiger charge is 2.21. The van der Waals surface area contributed by atoms with Crippen LogP contribution in [0, 0.1) is 4.91 Å². The topological polar surface area (TPSA) is 174 Å². The van der Waals surface area contributed by atoms with E-state index in [0.29, 0.717) is 0 Å². The lowest BCUT2D eigenvalue weighted by Crippen LogP contribution is -2.43. The van der Waals surface area contributed by atoms with Crippen molar-refractivity contribution in [2.24, 2.45) is 11.0 Å². The van der Waals surface area contributed by atoms with Gasteiger partial charge in [-0.25, -0.2) is 9.78 Å². The van der Waals surface area contributed by atoms with Crippen LogP contribution in [0.1, 0.15) is 10.5 Å². The molecule has 98 valence electrons. The molecule has 0 spiro atoms. The molecule has 0 radical (unpaired) electrons. The van der Waals surface area contributed by atoms with Gasteiger partial charge >= 0.3 is 5.97 Å². The molecule has 1 atom stereocenters. The number of nitrogens with one attached hydrogen (secondary N) is 2. The predicted molar refractivity (Wildman–Crippen MR) is 56.4 cm³/mol. The van der Waals surface area contributed by atoms with E-state index < -0.39 is 24.5 Å². The van der Waals surface area contributed by atoms with E-state index in [2.05, 4.69) is 20.6 Å². The third kappa shape index (κ3) is 3.23. The van der Waals surface area contributed by atoms with E-state index in [9.17, 15) is 14.5 Å². The number of H-pyrrole nitrogens is 1. The zero-order valence-corrected chi connectivity index (χ0v) is 8.90. The van der Waals surface area contributed by atoms with Gasteiger partial charge in [0, 0.05) is 0 Å². The van der Waals surface area contributed by atoms with Gasteiger partial charge in [0.05, 0.1) is 18.2 Å². The normalized spacial score (nSPS) is 11.7. The van der Waals surface area contributed by atoms with Gasteiger partial charge in [-0.15, -0.1) is 10.1 Å². The molecule has 11 nitrogen and oxygen atoms in total. The van der Waals surface area contributed by atoms with Crippen molar-refractivity contribution in [3.63, 3.8) is 0 Å². The van der Waals surface area contributed by atoms with E-state index in [1.54, 1.807) is 0 Å². The Morgan fingerprint density at radius 3 is 2.89 bits per heavy atom. The van der Waals surface area contributed by atoms with E-state index in [4.69, 9.17) is 16.0 Å². The van der Waals surface area contributed by atoms with Crippen molar-refractivity contribution < 1.29 is 19.9 Å². The summed E-state index contributed by atoms with van der Waals surface area (Å²) in [6.07, 6.45) is 1.08. The largest absolute Gasteiger partial charge is 0.476 e. The number of hydroxylamine groups is 1. The molecular weight excluding hydrogens is 248 g/mol. The van der Waals surface area contributed by atoms with Gasteiger partial charge in [0.15, 0.2) is 5.69 Å². The molecule has 1 amide bonds. The second kappa shape index (κ2) is 5.70. The molecule has 0 aliphatic carbocycles. The highest BCUT2D eigenvalue weighted by Crippen LogP contribution is 2.09. The van der Waals surface area contributed by atoms with Gasteiger partial charge in [-0.05, 0) is 0 Å². The zero-order chi connectivity index (χ0) is 13.7. The van der Waals surface area contributed by atoms with Crippen LogP contribution in [0.4, 0.5) is 5.82 Å². The summed E-state index contributed by atoms with van der Waals surface area (Å²) in [5.74, 6) is -2.30. The van der Waals surface area contributed by atoms with Gasteiger partial charge < -0.3 is 21.1 Å². The van der Waals surface area contributed by atoms with Crippen LogP contribution >= 0.6 is 0 Å². The number of carbonyl (C=O) groups excluding carboxylic acids is 1. The van der Waals surface area contributed by atoms with Crippen LogP contribution in [0.25, 0.3) is 0 Å². The summed E-state index contributed by atoms with van der Waals surface area (Å²) in [5, 5.41) is 21.7. The molecule has 0 aliphatic rings. The van der Waals surface area contributed by atoms with Crippen LogP contribution < -0.4 is 11.1 Å². The van der Waals surface area contributed by atoms with E-state index >= 15 is 0 Å². The Labute approximate surface area is 99.5 Å². The number of nitroso groups, excluding NO2 is 1. The Hall–Kier alpha value is -2.53. The number of carbonyl (C=O) groups is 2. The van der Waals surface area contributed by atoms with Crippen LogP contribution in [0.2, 0.25) is 0 Å². The molecule has 0 fully saturated rings. The molecule has 0 aliphatic heterocycles. The van der Waals surface area contributed by atoms with E-state index in [-0.39, 0.29) is 16.7 Å². The maximum Gasteiger partial charge on any atom is 0.358 e. The fraction of sp³-hybridized carbons (Fsp3) is 0.286. The van der Waals surface area contributed by atoms with E-state index in [0.717, 1.165) is 6.33 Å². The lowest BCUT2D eigenvalue weighted by molar-refractivity contribution is -0.125. The number of carboxylic acids is 1. The molecular formula is C7H10N6O5. The molecule has 0 bridgehead atoms. The summed E-state index contributed by atoms with van der Waals surface area (Å²) in [6, 6.07) is -1.28. The average Bonchev–Trinajstić information content (AvgIpc) is 2.76. The first-order valence-corrected chi connectivity index (χ1v) is 4.58. The molecule has 0 saturated heterocycles. The third-order valence-electron chi connectivity index (χ3n) is 1.88. The molecule has 1 heterocycles. The smallest absolute Gasteiger partial charge is 0.358 e. The number of rotatable bonds is 6. The summed E-state index contributed by atoms with van der Waals surface area (Å²) in [4.78, 5) is 37.9. The maximum atomic E-state index is 11.5. The van der Waals surface area contributed by atoms with Crippen molar-refractivity contribution in [1.29, 1.82) is 0 Å². The molecule has 0 saturated carbocycles. The molecule has 1 aromatic heterocycles. The Balaban J connectivity index is 2.66. The first-order valence-electron chi connectivity index (χ1n) is 4.58. The zero-order valence-electron chi connectivity index (χ0n) is 8.90. The number of aromatic carboxylic acids is 1. The summed E-state index contributed by atoms with van der Waals surface area (Å²) in [7, 11) is 0. The monoisotopic (exact) mass is 258 g/mol. The summed E-state index contributed by atoms with van der Waals surface area (Å²) < 4.78 is 0. The van der Waals surface area contributed by atoms with Crippen molar-refractivity contribution in [3.8, 4) is 0 Å². The highest BCUT2D eigenvalue weighted by molar-refractivity contribution is 5.99. The summed E-state index contributed by atoms with van der Waals surface area (Å²) >= 11 is 0. The second-order valence-corrected chi connectivity index (χ2v) is 3.16. The molecule has 0 unspecified atom stereocenters. The number of hydrogen-bond donors (Lipinski definition) is 5. The Morgan fingerprint density at radius 2 is 2.33 bits per heavy atom. The molecule has 1 aromatic rings. The van der Waals surface area contributed by atoms with Crippen molar-refractivity contribution in [2.45, 2.75) is 6.04 Å². The minimum Gasteiger partial charge on any atom is -0.476 e. The number of hydrogen-bond acceptors (Lipinski definition) is 7. The summed E-state index contributed by atoms with van der Waals surface area (Å²) in [5.41, 5.74) is 4.96. The fourth-order valence-electron chi connectivity index (χ4n) is 1.06. The first-order chi connectivity index (χ1) is 8.45.